The molecule has 3 heteroatoms. The molecule has 1 heterocycles. The Morgan fingerprint density at radius 1 is 0.810 bits per heavy atom. The highest BCUT2D eigenvalue weighted by molar-refractivity contribution is 5.63. The van der Waals surface area contributed by atoms with Crippen molar-refractivity contribution in [1.29, 1.82) is 0 Å². The van der Waals surface area contributed by atoms with Gasteiger partial charge in [0.25, 0.3) is 5.56 Å². The molecule has 0 unspecified atom stereocenters. The highest BCUT2D eigenvalue weighted by Gasteiger charge is 2.06. The maximum absolute atomic E-state index is 11.9. The van der Waals surface area contributed by atoms with Gasteiger partial charge in [-0.3, -0.25) is 4.79 Å². The van der Waals surface area contributed by atoms with E-state index in [4.69, 9.17) is 0 Å². The summed E-state index contributed by atoms with van der Waals surface area (Å²) in [5.74, 6) is 0.595. The normalized spacial score (nSPS) is 10.6. The molecular weight excluding hydrogens is 260 g/mol. The molecule has 0 radical (unpaired) electrons. The van der Waals surface area contributed by atoms with E-state index < -0.39 is 0 Å². The molecule has 0 aliphatic heterocycles. The van der Waals surface area contributed by atoms with Crippen LogP contribution in [0.3, 0.4) is 0 Å². The van der Waals surface area contributed by atoms with Crippen LogP contribution in [0.15, 0.2) is 59.4 Å². The number of aryl methyl sites for hydroxylation is 2. The summed E-state index contributed by atoms with van der Waals surface area (Å²) in [5, 5.41) is 0. The SMILES string of the molecule is Cc1ccc(-c2cc(=O)[nH]c(-c3ccc(C)cc3)n2)cc1. The van der Waals surface area contributed by atoms with E-state index in [-0.39, 0.29) is 5.56 Å². The first-order valence-corrected chi connectivity index (χ1v) is 6.87. The third-order valence-electron chi connectivity index (χ3n) is 3.41. The monoisotopic (exact) mass is 276 g/mol. The second-order valence-electron chi connectivity index (χ2n) is 5.21. The van der Waals surface area contributed by atoms with Gasteiger partial charge in [-0.25, -0.2) is 4.98 Å². The first kappa shape index (κ1) is 13.3. The zero-order valence-electron chi connectivity index (χ0n) is 12.1. The van der Waals surface area contributed by atoms with E-state index in [1.54, 1.807) is 0 Å². The number of aromatic amines is 1. The first-order valence-electron chi connectivity index (χ1n) is 6.87. The van der Waals surface area contributed by atoms with Crippen LogP contribution in [0.5, 0.6) is 0 Å². The third-order valence-corrected chi connectivity index (χ3v) is 3.41. The lowest BCUT2D eigenvalue weighted by Crippen LogP contribution is -2.08. The van der Waals surface area contributed by atoms with Gasteiger partial charge in [-0.2, -0.15) is 0 Å². The van der Waals surface area contributed by atoms with Gasteiger partial charge in [0.2, 0.25) is 0 Å². The Labute approximate surface area is 123 Å². The van der Waals surface area contributed by atoms with Crippen molar-refractivity contribution in [3.05, 3.63) is 76.1 Å². The van der Waals surface area contributed by atoms with Gasteiger partial charge in [-0.1, -0.05) is 59.7 Å². The van der Waals surface area contributed by atoms with Crippen molar-refractivity contribution < 1.29 is 0 Å². The second-order valence-corrected chi connectivity index (χ2v) is 5.21. The van der Waals surface area contributed by atoms with Gasteiger partial charge >= 0.3 is 0 Å². The predicted octanol–water partition coefficient (Wildman–Crippen LogP) is 3.72. The molecule has 0 aliphatic rings. The van der Waals surface area contributed by atoms with Crippen LogP contribution < -0.4 is 5.56 Å². The van der Waals surface area contributed by atoms with E-state index in [0.717, 1.165) is 11.1 Å². The van der Waals surface area contributed by atoms with E-state index in [9.17, 15) is 4.79 Å². The minimum Gasteiger partial charge on any atom is -0.306 e. The van der Waals surface area contributed by atoms with E-state index >= 15 is 0 Å². The Kier molecular flexibility index (Phi) is 3.40. The van der Waals surface area contributed by atoms with Crippen molar-refractivity contribution in [2.45, 2.75) is 13.8 Å². The molecule has 0 aliphatic carbocycles. The molecule has 0 amide bonds. The number of aromatic nitrogens is 2. The van der Waals surface area contributed by atoms with E-state index in [0.29, 0.717) is 11.5 Å². The molecule has 104 valence electrons. The average molecular weight is 276 g/mol. The van der Waals surface area contributed by atoms with Crippen LogP contribution in [0.25, 0.3) is 22.6 Å². The van der Waals surface area contributed by atoms with Crippen molar-refractivity contribution >= 4 is 0 Å². The molecule has 3 rings (SSSR count). The molecule has 0 spiro atoms. The smallest absolute Gasteiger partial charge is 0.251 e. The Hall–Kier alpha value is -2.68. The predicted molar refractivity (Wildman–Crippen MR) is 85.2 cm³/mol. The fourth-order valence-electron chi connectivity index (χ4n) is 2.18. The van der Waals surface area contributed by atoms with Crippen molar-refractivity contribution in [3.63, 3.8) is 0 Å². The van der Waals surface area contributed by atoms with Crippen LogP contribution in [0.2, 0.25) is 0 Å². The Bertz CT molecular complexity index is 748. The maximum Gasteiger partial charge on any atom is 0.251 e. The number of nitrogens with one attached hydrogen (secondary N) is 1. The van der Waals surface area contributed by atoms with Gasteiger partial charge in [0.15, 0.2) is 0 Å². The number of benzene rings is 2. The van der Waals surface area contributed by atoms with Gasteiger partial charge in [0.05, 0.1) is 5.69 Å². The summed E-state index contributed by atoms with van der Waals surface area (Å²) in [5.41, 5.74) is 4.76. The van der Waals surface area contributed by atoms with Crippen LogP contribution in [0.4, 0.5) is 0 Å². The standard InChI is InChI=1S/C18H16N2O/c1-12-3-7-14(8-4-12)16-11-17(21)20-18(19-16)15-9-5-13(2)6-10-15/h3-11H,1-2H3,(H,19,20,21). The summed E-state index contributed by atoms with van der Waals surface area (Å²) in [6.45, 7) is 4.06. The number of hydrogen-bond donors (Lipinski definition) is 1. The van der Waals surface area contributed by atoms with Crippen molar-refractivity contribution in [2.24, 2.45) is 0 Å². The number of hydrogen-bond acceptors (Lipinski definition) is 2. The highest BCUT2D eigenvalue weighted by Crippen LogP contribution is 2.20. The summed E-state index contributed by atoms with van der Waals surface area (Å²) < 4.78 is 0. The fraction of sp³-hybridized carbons (Fsp3) is 0.111. The van der Waals surface area contributed by atoms with Crippen LogP contribution in [0.1, 0.15) is 11.1 Å². The number of H-pyrrole nitrogens is 1. The van der Waals surface area contributed by atoms with Crippen LogP contribution >= 0.6 is 0 Å². The summed E-state index contributed by atoms with van der Waals surface area (Å²) in [6, 6.07) is 17.5. The van der Waals surface area contributed by atoms with Crippen molar-refractivity contribution in [1.82, 2.24) is 9.97 Å². The summed E-state index contributed by atoms with van der Waals surface area (Å²) in [7, 11) is 0. The maximum atomic E-state index is 11.9. The summed E-state index contributed by atoms with van der Waals surface area (Å²) in [4.78, 5) is 19.3. The molecule has 3 nitrogen and oxygen atoms in total. The second kappa shape index (κ2) is 5.37. The summed E-state index contributed by atoms with van der Waals surface area (Å²) >= 11 is 0. The molecule has 0 saturated heterocycles. The lowest BCUT2D eigenvalue weighted by atomic mass is 10.1. The molecule has 21 heavy (non-hydrogen) atoms. The Morgan fingerprint density at radius 2 is 1.33 bits per heavy atom. The lowest BCUT2D eigenvalue weighted by Gasteiger charge is -2.05. The lowest BCUT2D eigenvalue weighted by molar-refractivity contribution is 1.13. The number of nitrogens with zero attached hydrogens (tertiary/aromatic N) is 1. The highest BCUT2D eigenvalue weighted by atomic mass is 16.1. The largest absolute Gasteiger partial charge is 0.306 e. The van der Waals surface area contributed by atoms with E-state index in [1.165, 1.54) is 17.2 Å². The molecule has 1 aromatic heterocycles. The van der Waals surface area contributed by atoms with Gasteiger partial charge < -0.3 is 4.98 Å². The minimum absolute atomic E-state index is 0.142. The Balaban J connectivity index is 2.10. The molecule has 0 bridgehead atoms. The fourth-order valence-corrected chi connectivity index (χ4v) is 2.18. The molecular formula is C18H16N2O. The zero-order chi connectivity index (χ0) is 14.8. The average Bonchev–Trinajstić information content (AvgIpc) is 2.48. The van der Waals surface area contributed by atoms with Gasteiger partial charge in [0, 0.05) is 17.2 Å². The van der Waals surface area contributed by atoms with Gasteiger partial charge in [-0.15, -0.1) is 0 Å². The minimum atomic E-state index is -0.142. The number of rotatable bonds is 2. The van der Waals surface area contributed by atoms with Crippen LogP contribution in [0, 0.1) is 13.8 Å². The Morgan fingerprint density at radius 3 is 1.90 bits per heavy atom. The van der Waals surface area contributed by atoms with Crippen molar-refractivity contribution in [2.75, 3.05) is 0 Å². The molecule has 2 aromatic carbocycles. The molecule has 1 N–H and O–H groups in total. The van der Waals surface area contributed by atoms with Gasteiger partial charge in [-0.05, 0) is 13.8 Å². The molecule has 3 aromatic rings. The van der Waals surface area contributed by atoms with Crippen molar-refractivity contribution in [3.8, 4) is 22.6 Å². The van der Waals surface area contributed by atoms with E-state index in [2.05, 4.69) is 9.97 Å². The topological polar surface area (TPSA) is 45.8 Å². The summed E-state index contributed by atoms with van der Waals surface area (Å²) in [6.07, 6.45) is 0. The van der Waals surface area contributed by atoms with Crippen LogP contribution in [-0.2, 0) is 0 Å². The zero-order valence-corrected chi connectivity index (χ0v) is 12.1. The third kappa shape index (κ3) is 2.92. The molecule has 0 saturated carbocycles. The van der Waals surface area contributed by atoms with E-state index in [1.807, 2.05) is 62.4 Å². The molecule has 0 atom stereocenters. The molecule has 0 fully saturated rings. The quantitative estimate of drug-likeness (QED) is 0.775. The first-order chi connectivity index (χ1) is 10.1. The van der Waals surface area contributed by atoms with Gasteiger partial charge in [0.1, 0.15) is 5.82 Å². The van der Waals surface area contributed by atoms with Crippen LogP contribution in [-0.4, -0.2) is 9.97 Å².